The summed E-state index contributed by atoms with van der Waals surface area (Å²) in [4.78, 5) is 15.3. The molecule has 1 heterocycles. The summed E-state index contributed by atoms with van der Waals surface area (Å²) in [7, 11) is 1.43. The van der Waals surface area contributed by atoms with Gasteiger partial charge in [-0.05, 0) is 39.9 Å². The maximum absolute atomic E-state index is 11.2. The molecule has 0 spiro atoms. The molecule has 1 aliphatic rings. The zero-order valence-corrected chi connectivity index (χ0v) is 9.32. The molecule has 0 amide bonds. The van der Waals surface area contributed by atoms with Gasteiger partial charge in [0, 0.05) is 6.20 Å². The van der Waals surface area contributed by atoms with Gasteiger partial charge in [-0.25, -0.2) is 4.98 Å². The first-order chi connectivity index (χ1) is 6.72. The first kappa shape index (κ1) is 9.65. The second kappa shape index (κ2) is 3.69. The van der Waals surface area contributed by atoms with Crippen LogP contribution in [0.1, 0.15) is 17.9 Å². The lowest BCUT2D eigenvalue weighted by Gasteiger charge is -1.99. The number of hydrogen-bond donors (Lipinski definition) is 0. The van der Waals surface area contributed by atoms with Crippen LogP contribution in [0.5, 0.6) is 0 Å². The summed E-state index contributed by atoms with van der Waals surface area (Å²) in [6, 6.07) is 3.88. The monoisotopic (exact) mass is 255 g/mol. The van der Waals surface area contributed by atoms with Crippen molar-refractivity contribution in [3.8, 4) is 0 Å². The predicted octanol–water partition coefficient (Wildman–Crippen LogP) is 2.12. The van der Waals surface area contributed by atoms with E-state index in [9.17, 15) is 4.79 Å². The number of rotatable bonds is 2. The van der Waals surface area contributed by atoms with E-state index in [1.54, 1.807) is 6.20 Å². The van der Waals surface area contributed by atoms with E-state index < -0.39 is 0 Å². The Balaban J connectivity index is 2.06. The molecule has 1 aromatic rings. The Morgan fingerprint density at radius 1 is 1.64 bits per heavy atom. The highest BCUT2D eigenvalue weighted by Gasteiger charge is 2.44. The van der Waals surface area contributed by atoms with Crippen LogP contribution in [0.4, 0.5) is 0 Å². The third-order valence-corrected chi connectivity index (χ3v) is 2.94. The Morgan fingerprint density at radius 2 is 2.43 bits per heavy atom. The van der Waals surface area contributed by atoms with Crippen LogP contribution in [0, 0.1) is 5.92 Å². The Labute approximate surface area is 90.6 Å². The van der Waals surface area contributed by atoms with Crippen LogP contribution in [0.2, 0.25) is 0 Å². The fourth-order valence-electron chi connectivity index (χ4n) is 1.58. The van der Waals surface area contributed by atoms with Gasteiger partial charge in [0.25, 0.3) is 0 Å². The zero-order chi connectivity index (χ0) is 10.1. The maximum atomic E-state index is 11.2. The number of methoxy groups -OCH3 is 1. The van der Waals surface area contributed by atoms with Crippen LogP contribution in [0.15, 0.2) is 22.9 Å². The van der Waals surface area contributed by atoms with E-state index >= 15 is 0 Å². The van der Waals surface area contributed by atoms with Gasteiger partial charge in [0.1, 0.15) is 4.60 Å². The molecule has 1 aliphatic carbocycles. The number of esters is 1. The first-order valence-electron chi connectivity index (χ1n) is 4.41. The van der Waals surface area contributed by atoms with Gasteiger partial charge in [-0.15, -0.1) is 0 Å². The molecule has 0 saturated heterocycles. The van der Waals surface area contributed by atoms with E-state index in [0.717, 1.165) is 16.6 Å². The maximum Gasteiger partial charge on any atom is 0.309 e. The van der Waals surface area contributed by atoms with Crippen molar-refractivity contribution in [2.24, 2.45) is 5.92 Å². The summed E-state index contributed by atoms with van der Waals surface area (Å²) in [6.45, 7) is 0. The molecule has 4 heteroatoms. The third kappa shape index (κ3) is 1.80. The summed E-state index contributed by atoms with van der Waals surface area (Å²) in [5.41, 5.74) is 1.11. The minimum absolute atomic E-state index is 0.0444. The number of halogens is 1. The Kier molecular flexibility index (Phi) is 2.54. The molecule has 2 atom stereocenters. The van der Waals surface area contributed by atoms with E-state index in [1.807, 2.05) is 12.1 Å². The van der Waals surface area contributed by atoms with Crippen LogP contribution >= 0.6 is 15.9 Å². The SMILES string of the molecule is COC(=O)C1CC1c1ccc(Br)nc1. The molecule has 0 radical (unpaired) electrons. The molecular weight excluding hydrogens is 246 g/mol. The van der Waals surface area contributed by atoms with Gasteiger partial charge in [0.15, 0.2) is 0 Å². The molecule has 0 bridgehead atoms. The topological polar surface area (TPSA) is 39.2 Å². The van der Waals surface area contributed by atoms with Crippen molar-refractivity contribution >= 4 is 21.9 Å². The van der Waals surface area contributed by atoms with Crippen molar-refractivity contribution in [2.75, 3.05) is 7.11 Å². The largest absolute Gasteiger partial charge is 0.469 e. The number of carbonyl (C=O) groups is 1. The van der Waals surface area contributed by atoms with Crippen LogP contribution in [0.25, 0.3) is 0 Å². The number of carbonyl (C=O) groups excluding carboxylic acids is 1. The molecule has 2 rings (SSSR count). The van der Waals surface area contributed by atoms with Gasteiger partial charge in [-0.2, -0.15) is 0 Å². The smallest absolute Gasteiger partial charge is 0.309 e. The summed E-state index contributed by atoms with van der Waals surface area (Å²) < 4.78 is 5.50. The molecule has 0 N–H and O–H groups in total. The number of ether oxygens (including phenoxy) is 1. The van der Waals surface area contributed by atoms with Gasteiger partial charge in [0.2, 0.25) is 0 Å². The molecule has 0 aromatic carbocycles. The fraction of sp³-hybridized carbons (Fsp3) is 0.400. The minimum atomic E-state index is -0.113. The van der Waals surface area contributed by atoms with Gasteiger partial charge >= 0.3 is 5.97 Å². The molecule has 1 saturated carbocycles. The number of pyridine rings is 1. The third-order valence-electron chi connectivity index (χ3n) is 2.47. The lowest BCUT2D eigenvalue weighted by atomic mass is 10.1. The van der Waals surface area contributed by atoms with Crippen molar-refractivity contribution in [3.63, 3.8) is 0 Å². The van der Waals surface area contributed by atoms with E-state index in [0.29, 0.717) is 5.92 Å². The first-order valence-corrected chi connectivity index (χ1v) is 5.21. The minimum Gasteiger partial charge on any atom is -0.469 e. The second-order valence-electron chi connectivity index (χ2n) is 3.39. The number of hydrogen-bond acceptors (Lipinski definition) is 3. The summed E-state index contributed by atoms with van der Waals surface area (Å²) in [6.07, 6.45) is 2.69. The zero-order valence-electron chi connectivity index (χ0n) is 7.74. The van der Waals surface area contributed by atoms with Crippen molar-refractivity contribution in [3.05, 3.63) is 28.5 Å². The summed E-state index contributed by atoms with van der Waals surface area (Å²) in [5, 5.41) is 0. The predicted molar refractivity (Wildman–Crippen MR) is 54.8 cm³/mol. The van der Waals surface area contributed by atoms with Gasteiger partial charge < -0.3 is 4.74 Å². The van der Waals surface area contributed by atoms with E-state index in [-0.39, 0.29) is 11.9 Å². The highest BCUT2D eigenvalue weighted by Crippen LogP contribution is 2.47. The Bertz CT molecular complexity index is 350. The number of aromatic nitrogens is 1. The standard InChI is InChI=1S/C10H10BrNO2/c1-14-10(13)8-4-7(8)6-2-3-9(11)12-5-6/h2-3,5,7-8H,4H2,1H3. The molecule has 1 fully saturated rings. The lowest BCUT2D eigenvalue weighted by Crippen LogP contribution is -2.03. The quantitative estimate of drug-likeness (QED) is 0.601. The van der Waals surface area contributed by atoms with E-state index in [2.05, 4.69) is 25.7 Å². The molecule has 14 heavy (non-hydrogen) atoms. The van der Waals surface area contributed by atoms with Gasteiger partial charge in [0.05, 0.1) is 13.0 Å². The molecule has 74 valence electrons. The van der Waals surface area contributed by atoms with Crippen LogP contribution < -0.4 is 0 Å². The molecule has 2 unspecified atom stereocenters. The van der Waals surface area contributed by atoms with Crippen molar-refractivity contribution in [1.29, 1.82) is 0 Å². The average Bonchev–Trinajstić information content (AvgIpc) is 2.98. The summed E-state index contributed by atoms with van der Waals surface area (Å²) >= 11 is 3.27. The molecule has 0 aliphatic heterocycles. The highest BCUT2D eigenvalue weighted by atomic mass is 79.9. The van der Waals surface area contributed by atoms with E-state index in [1.165, 1.54) is 7.11 Å². The van der Waals surface area contributed by atoms with Crippen LogP contribution in [-0.2, 0) is 9.53 Å². The second-order valence-corrected chi connectivity index (χ2v) is 4.20. The van der Waals surface area contributed by atoms with Crippen molar-refractivity contribution < 1.29 is 9.53 Å². The van der Waals surface area contributed by atoms with E-state index in [4.69, 9.17) is 0 Å². The van der Waals surface area contributed by atoms with Crippen LogP contribution in [-0.4, -0.2) is 18.1 Å². The highest BCUT2D eigenvalue weighted by molar-refractivity contribution is 9.10. The van der Waals surface area contributed by atoms with Crippen molar-refractivity contribution in [2.45, 2.75) is 12.3 Å². The average molecular weight is 256 g/mol. The Morgan fingerprint density at radius 3 is 3.00 bits per heavy atom. The van der Waals surface area contributed by atoms with Gasteiger partial charge in [-0.3, -0.25) is 4.79 Å². The molecular formula is C10H10BrNO2. The number of nitrogens with zero attached hydrogens (tertiary/aromatic N) is 1. The molecule has 1 aromatic heterocycles. The lowest BCUT2D eigenvalue weighted by molar-refractivity contribution is -0.142. The summed E-state index contributed by atoms with van der Waals surface area (Å²) in [5.74, 6) is 0.240. The van der Waals surface area contributed by atoms with Crippen molar-refractivity contribution in [1.82, 2.24) is 4.98 Å². The Hall–Kier alpha value is -0.900. The normalized spacial score (nSPS) is 24.4. The van der Waals surface area contributed by atoms with Crippen LogP contribution in [0.3, 0.4) is 0 Å². The fourth-order valence-corrected chi connectivity index (χ4v) is 1.82. The van der Waals surface area contributed by atoms with Gasteiger partial charge in [-0.1, -0.05) is 6.07 Å². The molecule has 3 nitrogen and oxygen atoms in total.